The highest BCUT2D eigenvalue weighted by Crippen LogP contribution is 2.22. The Morgan fingerprint density at radius 1 is 1.22 bits per heavy atom. The zero-order valence-electron chi connectivity index (χ0n) is 14.0. The molecule has 1 saturated heterocycles. The topological polar surface area (TPSA) is 128 Å². The molecule has 8 heteroatoms. The maximum atomic E-state index is 12.2. The zero-order valence-corrected chi connectivity index (χ0v) is 14.0. The molecule has 0 aliphatic carbocycles. The van der Waals surface area contributed by atoms with Crippen molar-refractivity contribution in [3.63, 3.8) is 0 Å². The largest absolute Gasteiger partial charge is 0.479 e. The molecule has 0 aromatic rings. The Bertz CT molecular complexity index is 457. The fourth-order valence-electron chi connectivity index (χ4n) is 2.07. The third-order valence-electron chi connectivity index (χ3n) is 3.37. The molecule has 3 unspecified atom stereocenters. The zero-order chi connectivity index (χ0) is 17.8. The molecule has 1 aliphatic rings. The second kappa shape index (κ2) is 7.74. The third kappa shape index (κ3) is 6.96. The minimum absolute atomic E-state index is 0.163. The molecule has 0 aromatic heterocycles. The summed E-state index contributed by atoms with van der Waals surface area (Å²) in [4.78, 5) is 34.8. The van der Waals surface area contributed by atoms with E-state index in [1.54, 1.807) is 13.8 Å². The number of nitrogens with one attached hydrogen (secondary N) is 2. The van der Waals surface area contributed by atoms with Gasteiger partial charge < -0.3 is 25.6 Å². The van der Waals surface area contributed by atoms with Crippen LogP contribution in [0.15, 0.2) is 0 Å². The van der Waals surface area contributed by atoms with E-state index < -0.39 is 35.7 Å². The molecule has 4 N–H and O–H groups in total. The molecule has 0 radical (unpaired) electrons. The SMILES string of the molecule is CC(C)CC(NC(=O)C1OC1C(=O)O)C(=O)NCCC(C)(C)O. The number of carbonyl (C=O) groups is 3. The first kappa shape index (κ1) is 19.4. The lowest BCUT2D eigenvalue weighted by Gasteiger charge is -2.21. The molecule has 132 valence electrons. The van der Waals surface area contributed by atoms with Crippen LogP contribution in [0.5, 0.6) is 0 Å². The normalized spacial score (nSPS) is 21.7. The molecule has 0 aromatic carbocycles. The maximum absolute atomic E-state index is 12.2. The molecule has 0 spiro atoms. The smallest absolute Gasteiger partial charge is 0.336 e. The van der Waals surface area contributed by atoms with Crippen molar-refractivity contribution in [2.75, 3.05) is 6.54 Å². The Hall–Kier alpha value is -1.67. The molecule has 3 atom stereocenters. The van der Waals surface area contributed by atoms with Gasteiger partial charge in [0.05, 0.1) is 5.60 Å². The Morgan fingerprint density at radius 3 is 2.26 bits per heavy atom. The fraction of sp³-hybridized carbons (Fsp3) is 0.800. The number of epoxide rings is 1. The molecular formula is C15H26N2O6. The number of carboxylic acids is 1. The number of hydrogen-bond acceptors (Lipinski definition) is 5. The van der Waals surface area contributed by atoms with Gasteiger partial charge in [0.2, 0.25) is 5.91 Å². The minimum Gasteiger partial charge on any atom is -0.479 e. The van der Waals surface area contributed by atoms with Crippen LogP contribution in [0.1, 0.15) is 40.5 Å². The summed E-state index contributed by atoms with van der Waals surface area (Å²) in [6, 6.07) is -0.761. The number of amides is 2. The van der Waals surface area contributed by atoms with Gasteiger partial charge in [0.1, 0.15) is 6.04 Å². The summed E-state index contributed by atoms with van der Waals surface area (Å²) in [6.07, 6.45) is -1.36. The van der Waals surface area contributed by atoms with Crippen molar-refractivity contribution in [2.45, 2.75) is 64.4 Å². The Balaban J connectivity index is 2.53. The van der Waals surface area contributed by atoms with Gasteiger partial charge in [-0.1, -0.05) is 13.8 Å². The van der Waals surface area contributed by atoms with Crippen molar-refractivity contribution < 1.29 is 29.3 Å². The Labute approximate surface area is 135 Å². The summed E-state index contributed by atoms with van der Waals surface area (Å²) in [5.74, 6) is -1.99. The van der Waals surface area contributed by atoms with Gasteiger partial charge in [-0.15, -0.1) is 0 Å². The molecule has 0 saturated carbocycles. The first-order chi connectivity index (χ1) is 10.5. The van der Waals surface area contributed by atoms with Crippen molar-refractivity contribution in [3.8, 4) is 0 Å². The van der Waals surface area contributed by atoms with E-state index >= 15 is 0 Å². The summed E-state index contributed by atoms with van der Waals surface area (Å²) in [6.45, 7) is 7.39. The Kier molecular flexibility index (Phi) is 6.52. The molecule has 0 bridgehead atoms. The first-order valence-corrected chi connectivity index (χ1v) is 7.70. The summed E-state index contributed by atoms with van der Waals surface area (Å²) in [5.41, 5.74) is -0.888. The van der Waals surface area contributed by atoms with E-state index in [0.717, 1.165) is 0 Å². The standard InChI is InChI=1S/C15H26N2O6/c1-8(2)7-9(12(18)16-6-5-15(3,4)22)17-13(19)10-11(23-10)14(20)21/h8-11,22H,5-7H2,1-4H3,(H,16,18)(H,17,19)(H,20,21). The van der Waals surface area contributed by atoms with Crippen molar-refractivity contribution in [1.82, 2.24) is 10.6 Å². The van der Waals surface area contributed by atoms with Crippen LogP contribution < -0.4 is 10.6 Å². The van der Waals surface area contributed by atoms with Gasteiger partial charge in [0.25, 0.3) is 5.91 Å². The van der Waals surface area contributed by atoms with E-state index in [1.807, 2.05) is 13.8 Å². The summed E-state index contributed by atoms with van der Waals surface area (Å²) >= 11 is 0. The molecular weight excluding hydrogens is 304 g/mol. The van der Waals surface area contributed by atoms with Gasteiger partial charge in [-0.25, -0.2) is 4.79 Å². The molecule has 1 rings (SSSR count). The van der Waals surface area contributed by atoms with Gasteiger partial charge in [-0.2, -0.15) is 0 Å². The number of carbonyl (C=O) groups excluding carboxylic acids is 2. The van der Waals surface area contributed by atoms with Gasteiger partial charge in [-0.05, 0) is 32.6 Å². The summed E-state index contributed by atoms with van der Waals surface area (Å²) < 4.78 is 4.78. The van der Waals surface area contributed by atoms with Crippen molar-refractivity contribution >= 4 is 17.8 Å². The minimum atomic E-state index is -1.19. The predicted octanol–water partition coefficient (Wildman–Crippen LogP) is -0.353. The first-order valence-electron chi connectivity index (χ1n) is 7.70. The molecule has 2 amide bonds. The molecule has 1 aliphatic heterocycles. The van der Waals surface area contributed by atoms with Crippen LogP contribution in [0, 0.1) is 5.92 Å². The average molecular weight is 330 g/mol. The number of ether oxygens (including phenoxy) is 1. The van der Waals surface area contributed by atoms with E-state index in [1.165, 1.54) is 0 Å². The number of aliphatic hydroxyl groups is 1. The van der Waals surface area contributed by atoms with Crippen LogP contribution in [-0.2, 0) is 19.1 Å². The van der Waals surface area contributed by atoms with Gasteiger partial charge >= 0.3 is 5.97 Å². The van der Waals surface area contributed by atoms with Crippen LogP contribution >= 0.6 is 0 Å². The maximum Gasteiger partial charge on any atom is 0.336 e. The molecule has 1 fully saturated rings. The van der Waals surface area contributed by atoms with E-state index in [9.17, 15) is 19.5 Å². The van der Waals surface area contributed by atoms with Gasteiger partial charge in [0.15, 0.2) is 12.2 Å². The quantitative estimate of drug-likeness (QED) is 0.428. The lowest BCUT2D eigenvalue weighted by atomic mass is 10.0. The average Bonchev–Trinajstić information content (AvgIpc) is 3.15. The van der Waals surface area contributed by atoms with Crippen molar-refractivity contribution in [3.05, 3.63) is 0 Å². The van der Waals surface area contributed by atoms with E-state index in [2.05, 4.69) is 10.6 Å². The van der Waals surface area contributed by atoms with E-state index in [-0.39, 0.29) is 18.4 Å². The summed E-state index contributed by atoms with van der Waals surface area (Å²) in [5, 5.41) is 23.6. The summed E-state index contributed by atoms with van der Waals surface area (Å²) in [7, 11) is 0. The van der Waals surface area contributed by atoms with Crippen LogP contribution in [0.3, 0.4) is 0 Å². The highest BCUT2D eigenvalue weighted by Gasteiger charge is 2.51. The Morgan fingerprint density at radius 2 is 1.83 bits per heavy atom. The number of aliphatic carboxylic acids is 1. The van der Waals surface area contributed by atoms with Crippen LogP contribution in [-0.4, -0.2) is 58.4 Å². The fourth-order valence-corrected chi connectivity index (χ4v) is 2.07. The third-order valence-corrected chi connectivity index (χ3v) is 3.37. The van der Waals surface area contributed by atoms with Crippen LogP contribution in [0.2, 0.25) is 0 Å². The second-order valence-electron chi connectivity index (χ2n) is 6.86. The molecule has 23 heavy (non-hydrogen) atoms. The molecule has 1 heterocycles. The van der Waals surface area contributed by atoms with Gasteiger partial charge in [0, 0.05) is 6.54 Å². The highest BCUT2D eigenvalue weighted by molar-refractivity contribution is 5.95. The number of hydrogen-bond donors (Lipinski definition) is 4. The highest BCUT2D eigenvalue weighted by atomic mass is 16.6. The molecule has 8 nitrogen and oxygen atoms in total. The van der Waals surface area contributed by atoms with Crippen molar-refractivity contribution in [1.29, 1.82) is 0 Å². The lowest BCUT2D eigenvalue weighted by Crippen LogP contribution is -2.49. The number of carboxylic acid groups (broad SMARTS) is 1. The van der Waals surface area contributed by atoms with E-state index in [0.29, 0.717) is 12.8 Å². The monoisotopic (exact) mass is 330 g/mol. The number of rotatable bonds is 9. The van der Waals surface area contributed by atoms with Crippen molar-refractivity contribution in [2.24, 2.45) is 5.92 Å². The predicted molar refractivity (Wildman–Crippen MR) is 81.6 cm³/mol. The van der Waals surface area contributed by atoms with Gasteiger partial charge in [-0.3, -0.25) is 9.59 Å². The van der Waals surface area contributed by atoms with E-state index in [4.69, 9.17) is 9.84 Å². The van der Waals surface area contributed by atoms with Crippen LogP contribution in [0.25, 0.3) is 0 Å². The second-order valence-corrected chi connectivity index (χ2v) is 6.86. The lowest BCUT2D eigenvalue weighted by molar-refractivity contribution is -0.138. The van der Waals surface area contributed by atoms with Crippen LogP contribution in [0.4, 0.5) is 0 Å².